The van der Waals surface area contributed by atoms with Gasteiger partial charge in [0.15, 0.2) is 0 Å². The summed E-state index contributed by atoms with van der Waals surface area (Å²) in [6.07, 6.45) is 0. The molecule has 0 atom stereocenters. The number of benzene rings is 2. The number of ether oxygens (including phenoxy) is 1. The lowest BCUT2D eigenvalue weighted by molar-refractivity contribution is 0.0725. The fraction of sp³-hybridized carbons (Fsp3) is 0. The standard InChI is InChI=1S/C18H10BrF2N5O2/c19-8-4-5-13(28-17(27)14-11(20)2-1-3-12(14)21)9(6-8)15-10(7-22)16(23)26-18(24)25-15/h1-6H,(H4,23,24,25,26). The Bertz CT molecular complexity index is 1130. The first kappa shape index (κ1) is 19.2. The Morgan fingerprint density at radius 1 is 1.14 bits per heavy atom. The van der Waals surface area contributed by atoms with E-state index in [1.807, 2.05) is 6.07 Å². The fourth-order valence-electron chi connectivity index (χ4n) is 2.42. The van der Waals surface area contributed by atoms with Crippen LogP contribution in [0.25, 0.3) is 11.3 Å². The Labute approximate surface area is 165 Å². The minimum absolute atomic E-state index is 0.00519. The van der Waals surface area contributed by atoms with Crippen molar-refractivity contribution in [3.05, 3.63) is 63.6 Å². The van der Waals surface area contributed by atoms with Crippen molar-refractivity contribution in [3.63, 3.8) is 0 Å². The molecule has 28 heavy (non-hydrogen) atoms. The van der Waals surface area contributed by atoms with Crippen LogP contribution in [0.5, 0.6) is 5.75 Å². The van der Waals surface area contributed by atoms with Crippen molar-refractivity contribution in [2.24, 2.45) is 0 Å². The molecule has 0 fully saturated rings. The molecule has 1 aromatic heterocycles. The van der Waals surface area contributed by atoms with Gasteiger partial charge in [-0.05, 0) is 30.3 Å². The number of hydrogen-bond donors (Lipinski definition) is 2. The van der Waals surface area contributed by atoms with E-state index in [9.17, 15) is 18.8 Å². The van der Waals surface area contributed by atoms with Gasteiger partial charge in [-0.3, -0.25) is 0 Å². The minimum atomic E-state index is -1.26. The predicted octanol–water partition coefficient (Wildman–Crippen LogP) is 3.44. The molecule has 0 saturated carbocycles. The van der Waals surface area contributed by atoms with Crippen LogP contribution >= 0.6 is 15.9 Å². The molecule has 0 amide bonds. The summed E-state index contributed by atoms with van der Waals surface area (Å²) in [5, 5.41) is 9.37. The molecule has 0 saturated heterocycles. The van der Waals surface area contributed by atoms with Crippen LogP contribution in [0.1, 0.15) is 15.9 Å². The van der Waals surface area contributed by atoms with Crippen molar-refractivity contribution in [1.29, 1.82) is 5.26 Å². The normalized spacial score (nSPS) is 10.4. The first-order chi connectivity index (χ1) is 13.3. The number of esters is 1. The number of nitrogens with two attached hydrogens (primary N) is 2. The van der Waals surface area contributed by atoms with E-state index in [0.29, 0.717) is 4.47 Å². The predicted molar refractivity (Wildman–Crippen MR) is 100 cm³/mol. The van der Waals surface area contributed by atoms with E-state index in [4.69, 9.17) is 16.2 Å². The van der Waals surface area contributed by atoms with Gasteiger partial charge in [-0.1, -0.05) is 22.0 Å². The molecule has 0 aliphatic rings. The van der Waals surface area contributed by atoms with Crippen molar-refractivity contribution < 1.29 is 18.3 Å². The SMILES string of the molecule is N#Cc1c(N)nc(N)nc1-c1cc(Br)ccc1OC(=O)c1c(F)cccc1F. The highest BCUT2D eigenvalue weighted by molar-refractivity contribution is 9.10. The first-order valence-corrected chi connectivity index (χ1v) is 8.40. The van der Waals surface area contributed by atoms with Crippen molar-refractivity contribution in [2.75, 3.05) is 11.5 Å². The molecular weight excluding hydrogens is 436 g/mol. The zero-order valence-corrected chi connectivity index (χ0v) is 15.5. The summed E-state index contributed by atoms with van der Waals surface area (Å²) < 4.78 is 33.5. The van der Waals surface area contributed by atoms with Crippen LogP contribution in [0.2, 0.25) is 0 Å². The molecule has 2 aromatic carbocycles. The number of halogens is 3. The van der Waals surface area contributed by atoms with Crippen LogP contribution in [0.3, 0.4) is 0 Å². The van der Waals surface area contributed by atoms with Crippen LogP contribution in [0, 0.1) is 23.0 Å². The summed E-state index contributed by atoms with van der Waals surface area (Å²) in [7, 11) is 0. The molecule has 0 aliphatic carbocycles. The molecule has 4 N–H and O–H groups in total. The number of nitrogen functional groups attached to an aromatic ring is 2. The molecule has 7 nitrogen and oxygen atoms in total. The summed E-state index contributed by atoms with van der Waals surface area (Å²) in [4.78, 5) is 20.1. The largest absolute Gasteiger partial charge is 0.422 e. The Morgan fingerprint density at radius 3 is 2.46 bits per heavy atom. The third kappa shape index (κ3) is 3.60. The van der Waals surface area contributed by atoms with Gasteiger partial charge in [0.25, 0.3) is 0 Å². The quantitative estimate of drug-likeness (QED) is 0.466. The van der Waals surface area contributed by atoms with Crippen LogP contribution in [0.15, 0.2) is 40.9 Å². The second kappa shape index (κ2) is 7.58. The van der Waals surface area contributed by atoms with E-state index in [1.165, 1.54) is 18.2 Å². The monoisotopic (exact) mass is 445 g/mol. The van der Waals surface area contributed by atoms with E-state index < -0.39 is 23.2 Å². The van der Waals surface area contributed by atoms with E-state index >= 15 is 0 Å². The maximum Gasteiger partial charge on any atom is 0.349 e. The summed E-state index contributed by atoms with van der Waals surface area (Å²) in [5.41, 5.74) is 10.5. The van der Waals surface area contributed by atoms with Gasteiger partial charge in [-0.15, -0.1) is 0 Å². The van der Waals surface area contributed by atoms with E-state index in [0.717, 1.165) is 18.2 Å². The lowest BCUT2D eigenvalue weighted by Gasteiger charge is -2.13. The van der Waals surface area contributed by atoms with Gasteiger partial charge in [-0.25, -0.2) is 18.6 Å². The summed E-state index contributed by atoms with van der Waals surface area (Å²) >= 11 is 3.26. The zero-order valence-electron chi connectivity index (χ0n) is 13.9. The second-order valence-electron chi connectivity index (χ2n) is 5.43. The van der Waals surface area contributed by atoms with Gasteiger partial charge in [0.2, 0.25) is 5.95 Å². The van der Waals surface area contributed by atoms with Crippen LogP contribution in [-0.2, 0) is 0 Å². The Balaban J connectivity index is 2.14. The lowest BCUT2D eigenvalue weighted by atomic mass is 10.1. The van der Waals surface area contributed by atoms with Gasteiger partial charge >= 0.3 is 5.97 Å². The van der Waals surface area contributed by atoms with E-state index in [-0.39, 0.29) is 34.3 Å². The number of carbonyl (C=O) groups excluding carboxylic acids is 1. The Morgan fingerprint density at radius 2 is 1.82 bits per heavy atom. The number of rotatable bonds is 3. The molecule has 1 heterocycles. The molecule has 0 aliphatic heterocycles. The zero-order chi connectivity index (χ0) is 20.4. The molecule has 0 spiro atoms. The number of hydrogen-bond acceptors (Lipinski definition) is 7. The molecule has 0 unspecified atom stereocenters. The van der Waals surface area contributed by atoms with Gasteiger partial charge in [0.1, 0.15) is 40.4 Å². The smallest absolute Gasteiger partial charge is 0.349 e. The Hall–Kier alpha value is -3.58. The van der Waals surface area contributed by atoms with Crippen LogP contribution in [-0.4, -0.2) is 15.9 Å². The maximum absolute atomic E-state index is 13.9. The highest BCUT2D eigenvalue weighted by Crippen LogP contribution is 2.35. The van der Waals surface area contributed by atoms with E-state index in [1.54, 1.807) is 0 Å². The van der Waals surface area contributed by atoms with Crippen molar-refractivity contribution in [2.45, 2.75) is 0 Å². The highest BCUT2D eigenvalue weighted by atomic mass is 79.9. The average molecular weight is 446 g/mol. The van der Waals surface area contributed by atoms with Crippen molar-refractivity contribution >= 4 is 33.7 Å². The number of anilines is 2. The number of nitrogens with zero attached hydrogens (tertiary/aromatic N) is 3. The molecular formula is C18H10BrF2N5O2. The van der Waals surface area contributed by atoms with Gasteiger partial charge < -0.3 is 16.2 Å². The van der Waals surface area contributed by atoms with Gasteiger partial charge in [0.05, 0.1) is 5.69 Å². The maximum atomic E-state index is 13.9. The number of carbonyl (C=O) groups is 1. The topological polar surface area (TPSA) is 128 Å². The molecule has 3 aromatic rings. The molecule has 0 bridgehead atoms. The summed E-state index contributed by atoms with van der Waals surface area (Å²) in [6, 6.07) is 9.23. The Kier molecular flexibility index (Phi) is 5.19. The second-order valence-corrected chi connectivity index (χ2v) is 6.34. The number of aromatic nitrogens is 2. The molecule has 140 valence electrons. The third-order valence-electron chi connectivity index (χ3n) is 3.63. The summed E-state index contributed by atoms with van der Waals surface area (Å²) in [6.45, 7) is 0. The fourth-order valence-corrected chi connectivity index (χ4v) is 2.78. The van der Waals surface area contributed by atoms with Crippen molar-refractivity contribution in [3.8, 4) is 23.1 Å². The first-order valence-electron chi connectivity index (χ1n) is 7.61. The molecule has 3 rings (SSSR count). The average Bonchev–Trinajstić information content (AvgIpc) is 2.62. The minimum Gasteiger partial charge on any atom is -0.422 e. The summed E-state index contributed by atoms with van der Waals surface area (Å²) in [5.74, 6) is -3.88. The van der Waals surface area contributed by atoms with Crippen LogP contribution < -0.4 is 16.2 Å². The van der Waals surface area contributed by atoms with Crippen LogP contribution in [0.4, 0.5) is 20.5 Å². The third-order valence-corrected chi connectivity index (χ3v) is 4.13. The van der Waals surface area contributed by atoms with E-state index in [2.05, 4.69) is 25.9 Å². The van der Waals surface area contributed by atoms with Gasteiger partial charge in [-0.2, -0.15) is 10.2 Å². The molecule has 10 heteroatoms. The van der Waals surface area contributed by atoms with Crippen molar-refractivity contribution in [1.82, 2.24) is 9.97 Å². The highest BCUT2D eigenvalue weighted by Gasteiger charge is 2.23. The number of nitriles is 1. The molecule has 0 radical (unpaired) electrons. The van der Waals surface area contributed by atoms with Gasteiger partial charge in [0, 0.05) is 10.0 Å². The lowest BCUT2D eigenvalue weighted by Crippen LogP contribution is -2.14.